The van der Waals surface area contributed by atoms with Gasteiger partial charge in [0, 0.05) is 30.4 Å². The molecule has 106 valence electrons. The Labute approximate surface area is 115 Å². The van der Waals surface area contributed by atoms with E-state index < -0.39 is 0 Å². The van der Waals surface area contributed by atoms with Gasteiger partial charge in [0.1, 0.15) is 5.75 Å². The van der Waals surface area contributed by atoms with Gasteiger partial charge >= 0.3 is 0 Å². The van der Waals surface area contributed by atoms with Gasteiger partial charge in [0.05, 0.1) is 13.2 Å². The zero-order valence-electron chi connectivity index (χ0n) is 12.0. The van der Waals surface area contributed by atoms with E-state index in [1.54, 1.807) is 0 Å². The van der Waals surface area contributed by atoms with Gasteiger partial charge < -0.3 is 20.1 Å². The van der Waals surface area contributed by atoms with Gasteiger partial charge in [0.2, 0.25) is 0 Å². The minimum absolute atomic E-state index is 0.0405. The van der Waals surface area contributed by atoms with Gasteiger partial charge in [-0.3, -0.25) is 0 Å². The summed E-state index contributed by atoms with van der Waals surface area (Å²) in [5.41, 5.74) is 1.21. The number of ether oxygens (including phenoxy) is 1. The Kier molecular flexibility index (Phi) is 4.32. The molecule has 2 N–H and O–H groups in total. The molecule has 1 unspecified atom stereocenters. The van der Waals surface area contributed by atoms with E-state index in [0.717, 1.165) is 18.8 Å². The van der Waals surface area contributed by atoms with Crippen LogP contribution in [0.5, 0.6) is 5.75 Å². The molecule has 1 heterocycles. The van der Waals surface area contributed by atoms with Crippen LogP contribution in [0.3, 0.4) is 0 Å². The first-order valence-electron chi connectivity index (χ1n) is 6.91. The second-order valence-electron chi connectivity index (χ2n) is 5.61. The minimum Gasteiger partial charge on any atom is -0.494 e. The molecule has 0 aliphatic carbocycles. The van der Waals surface area contributed by atoms with Crippen molar-refractivity contribution in [3.05, 3.63) is 24.3 Å². The lowest BCUT2D eigenvalue weighted by molar-refractivity contribution is 0.210. The van der Waals surface area contributed by atoms with E-state index >= 15 is 0 Å². The van der Waals surface area contributed by atoms with Gasteiger partial charge in [-0.05, 0) is 45.0 Å². The van der Waals surface area contributed by atoms with Crippen molar-refractivity contribution < 1.29 is 9.84 Å². The normalized spacial score (nSPS) is 22.3. The maximum absolute atomic E-state index is 9.33. The number of piperazine rings is 1. The summed E-state index contributed by atoms with van der Waals surface area (Å²) >= 11 is 0. The monoisotopic (exact) mass is 264 g/mol. The second-order valence-corrected chi connectivity index (χ2v) is 5.61. The van der Waals surface area contributed by atoms with Gasteiger partial charge in [-0.1, -0.05) is 0 Å². The van der Waals surface area contributed by atoms with Crippen molar-refractivity contribution in [3.63, 3.8) is 0 Å². The van der Waals surface area contributed by atoms with Crippen LogP contribution < -0.4 is 15.0 Å². The molecule has 0 amide bonds. The van der Waals surface area contributed by atoms with Gasteiger partial charge in [-0.2, -0.15) is 0 Å². The van der Waals surface area contributed by atoms with Crippen molar-refractivity contribution in [2.45, 2.75) is 32.4 Å². The Morgan fingerprint density at radius 3 is 2.63 bits per heavy atom. The lowest BCUT2D eigenvalue weighted by atomic mass is 9.96. The summed E-state index contributed by atoms with van der Waals surface area (Å²) in [7, 11) is 0. The van der Waals surface area contributed by atoms with Crippen LogP contribution in [0.4, 0.5) is 5.69 Å². The number of nitrogens with one attached hydrogen (secondary N) is 1. The fourth-order valence-electron chi connectivity index (χ4n) is 2.49. The minimum atomic E-state index is 0.0405. The number of aliphatic hydroxyl groups excluding tert-OH is 1. The standard InChI is InChI=1S/C15H24N2O2/c1-4-19-14-7-5-13(6-8-14)17-9-12(10-18)16-11-15(17,2)3/h5-8,12,16,18H,4,9-11H2,1-3H3. The van der Waals surface area contributed by atoms with Crippen LogP contribution in [0.15, 0.2) is 24.3 Å². The van der Waals surface area contributed by atoms with Gasteiger partial charge in [0.15, 0.2) is 0 Å². The zero-order valence-corrected chi connectivity index (χ0v) is 12.0. The average Bonchev–Trinajstić information content (AvgIpc) is 2.40. The Balaban J connectivity index is 2.17. The molecular formula is C15H24N2O2. The van der Waals surface area contributed by atoms with E-state index in [0.29, 0.717) is 6.61 Å². The number of rotatable bonds is 4. The molecule has 0 radical (unpaired) electrons. The summed E-state index contributed by atoms with van der Waals surface area (Å²) in [5.74, 6) is 0.901. The van der Waals surface area contributed by atoms with Crippen molar-refractivity contribution in [1.82, 2.24) is 5.32 Å². The molecule has 0 aromatic heterocycles. The average molecular weight is 264 g/mol. The molecule has 1 aliphatic rings. The first-order chi connectivity index (χ1) is 9.06. The molecule has 4 nitrogen and oxygen atoms in total. The fourth-order valence-corrected chi connectivity index (χ4v) is 2.49. The smallest absolute Gasteiger partial charge is 0.119 e. The third kappa shape index (κ3) is 3.19. The molecule has 0 bridgehead atoms. The first-order valence-corrected chi connectivity index (χ1v) is 6.91. The van der Waals surface area contributed by atoms with Crippen LogP contribution in [0.25, 0.3) is 0 Å². The zero-order chi connectivity index (χ0) is 13.9. The second kappa shape index (κ2) is 5.80. The molecular weight excluding hydrogens is 240 g/mol. The Bertz CT molecular complexity index is 403. The highest BCUT2D eigenvalue weighted by atomic mass is 16.5. The highest BCUT2D eigenvalue weighted by Gasteiger charge is 2.33. The van der Waals surface area contributed by atoms with Crippen molar-refractivity contribution in [2.24, 2.45) is 0 Å². The SMILES string of the molecule is CCOc1ccc(N2CC(CO)NCC2(C)C)cc1. The lowest BCUT2D eigenvalue weighted by Gasteiger charge is -2.47. The molecule has 1 atom stereocenters. The maximum atomic E-state index is 9.33. The predicted octanol–water partition coefficient (Wildman–Crippen LogP) is 1.63. The summed E-state index contributed by atoms with van der Waals surface area (Å²) in [6, 6.07) is 8.33. The van der Waals surface area contributed by atoms with Gasteiger partial charge in [-0.25, -0.2) is 0 Å². The molecule has 19 heavy (non-hydrogen) atoms. The molecule has 2 rings (SSSR count). The molecule has 0 spiro atoms. The highest BCUT2D eigenvalue weighted by molar-refractivity contribution is 5.52. The Morgan fingerprint density at radius 1 is 1.37 bits per heavy atom. The van der Waals surface area contributed by atoms with E-state index in [4.69, 9.17) is 4.74 Å². The predicted molar refractivity (Wildman–Crippen MR) is 77.9 cm³/mol. The number of aliphatic hydroxyl groups is 1. The van der Waals surface area contributed by atoms with Crippen LogP contribution in [-0.2, 0) is 0 Å². The highest BCUT2D eigenvalue weighted by Crippen LogP contribution is 2.28. The van der Waals surface area contributed by atoms with E-state index in [1.165, 1.54) is 5.69 Å². The summed E-state index contributed by atoms with van der Waals surface area (Å²) in [4.78, 5) is 2.35. The lowest BCUT2D eigenvalue weighted by Crippen LogP contribution is -2.63. The molecule has 0 saturated carbocycles. The van der Waals surface area contributed by atoms with Gasteiger partial charge in [-0.15, -0.1) is 0 Å². The Morgan fingerprint density at radius 2 is 2.05 bits per heavy atom. The number of hydrogen-bond acceptors (Lipinski definition) is 4. The third-order valence-electron chi connectivity index (χ3n) is 3.64. The molecule has 1 aromatic rings. The molecule has 1 aliphatic heterocycles. The van der Waals surface area contributed by atoms with E-state index in [-0.39, 0.29) is 18.2 Å². The van der Waals surface area contributed by atoms with Crippen LogP contribution in [0.2, 0.25) is 0 Å². The van der Waals surface area contributed by atoms with E-state index in [1.807, 2.05) is 19.1 Å². The van der Waals surface area contributed by atoms with E-state index in [9.17, 15) is 5.11 Å². The quantitative estimate of drug-likeness (QED) is 0.867. The topological polar surface area (TPSA) is 44.7 Å². The van der Waals surface area contributed by atoms with Crippen molar-refractivity contribution in [1.29, 1.82) is 0 Å². The van der Waals surface area contributed by atoms with Crippen LogP contribution in [-0.4, -0.2) is 43.0 Å². The largest absolute Gasteiger partial charge is 0.494 e. The molecule has 1 fully saturated rings. The summed E-state index contributed by atoms with van der Waals surface area (Å²) < 4.78 is 5.47. The number of hydrogen-bond donors (Lipinski definition) is 2. The number of benzene rings is 1. The van der Waals surface area contributed by atoms with Crippen molar-refractivity contribution in [3.8, 4) is 5.75 Å². The van der Waals surface area contributed by atoms with Crippen molar-refractivity contribution in [2.75, 3.05) is 31.2 Å². The third-order valence-corrected chi connectivity index (χ3v) is 3.64. The van der Waals surface area contributed by atoms with Crippen LogP contribution in [0, 0.1) is 0 Å². The summed E-state index contributed by atoms with van der Waals surface area (Å²) in [6.07, 6.45) is 0. The fraction of sp³-hybridized carbons (Fsp3) is 0.600. The number of nitrogens with zero attached hydrogens (tertiary/aromatic N) is 1. The summed E-state index contributed by atoms with van der Waals surface area (Å²) in [6.45, 7) is 8.95. The van der Waals surface area contributed by atoms with E-state index in [2.05, 4.69) is 36.2 Å². The Hall–Kier alpha value is -1.26. The van der Waals surface area contributed by atoms with Crippen LogP contribution >= 0.6 is 0 Å². The number of anilines is 1. The summed E-state index contributed by atoms with van der Waals surface area (Å²) in [5, 5.41) is 12.7. The van der Waals surface area contributed by atoms with Gasteiger partial charge in [0.25, 0.3) is 0 Å². The molecule has 1 saturated heterocycles. The molecule has 1 aromatic carbocycles. The molecule has 4 heteroatoms. The van der Waals surface area contributed by atoms with Crippen molar-refractivity contribution >= 4 is 5.69 Å². The first kappa shape index (κ1) is 14.2. The van der Waals surface area contributed by atoms with Crippen LogP contribution in [0.1, 0.15) is 20.8 Å². The maximum Gasteiger partial charge on any atom is 0.119 e.